The van der Waals surface area contributed by atoms with Crippen molar-refractivity contribution in [3.63, 3.8) is 0 Å². The van der Waals surface area contributed by atoms with Crippen molar-refractivity contribution in [1.82, 2.24) is 0 Å². The van der Waals surface area contributed by atoms with E-state index < -0.39 is 57.7 Å². The summed E-state index contributed by atoms with van der Waals surface area (Å²) < 4.78 is 54.6. The molecule has 0 spiro atoms. The minimum Gasteiger partial charge on any atom is -0.747 e. The second-order valence-corrected chi connectivity index (χ2v) is 18.8. The first-order valence-electron chi connectivity index (χ1n) is 25.1. The first-order chi connectivity index (χ1) is 30.2. The van der Waals surface area contributed by atoms with Gasteiger partial charge in [0.1, 0.15) is 16.2 Å². The Labute approximate surface area is 412 Å². The monoisotopic (exact) mass is 942 g/mol. The van der Waals surface area contributed by atoms with Gasteiger partial charge in [-0.05, 0) is 43.9 Å². The summed E-state index contributed by atoms with van der Waals surface area (Å²) in [5.41, 5.74) is 5.82. The van der Waals surface area contributed by atoms with Gasteiger partial charge in [-0.2, -0.15) is 0 Å². The van der Waals surface area contributed by atoms with E-state index in [1.165, 1.54) is 83.5 Å². The van der Waals surface area contributed by atoms with E-state index in [1.807, 2.05) is 13.8 Å². The first-order valence-corrected chi connectivity index (χ1v) is 26.6. The number of nitrogens with two attached hydrogens (primary N) is 1. The van der Waals surface area contributed by atoms with Gasteiger partial charge in [-0.15, -0.1) is 0 Å². The molecular weight excluding hydrogens is 850 g/mol. The zero-order valence-electron chi connectivity index (χ0n) is 41.7. The molecule has 0 heterocycles. The molecule has 0 aliphatic carbocycles. The van der Waals surface area contributed by atoms with Gasteiger partial charge in [0.05, 0.1) is 26.2 Å². The standard InChI is InChI=1S/C29H55NO5.C20H38O7S.Na/c1-3-5-7-9-11-13-15-17-19-21-25-34-29(33)26(30)23-24-28(32)35-27(31)22-20-18-16-14-12-10-8-6-4-2;1-5-9-11-16(7-3)14-26-19(21)13-18(28(23,24)25)20(22)27-15-17(8-4)12-10-6-2;/h26H,3-25,30H2,1-2H3;16-18H,5-15H2,1-4H3,(H,23,24,25);/q;;+1/p-1. The van der Waals surface area contributed by atoms with Crippen molar-refractivity contribution >= 4 is 40.0 Å². The minimum absolute atomic E-state index is 0. The van der Waals surface area contributed by atoms with Crippen molar-refractivity contribution in [1.29, 1.82) is 0 Å². The molecule has 0 aliphatic rings. The average Bonchev–Trinajstić information content (AvgIpc) is 3.25. The molecule has 0 aromatic heterocycles. The van der Waals surface area contributed by atoms with Crippen LogP contribution in [-0.2, 0) is 53.0 Å². The molecule has 0 rings (SSSR count). The number of carbonyl (C=O) groups is 5. The van der Waals surface area contributed by atoms with Crippen LogP contribution in [0.4, 0.5) is 0 Å². The summed E-state index contributed by atoms with van der Waals surface area (Å²) in [6.45, 7) is 13.1. The average molecular weight is 942 g/mol. The van der Waals surface area contributed by atoms with Crippen LogP contribution < -0.4 is 35.3 Å². The Morgan fingerprint density at radius 1 is 0.484 bits per heavy atom. The molecule has 4 unspecified atom stereocenters. The summed E-state index contributed by atoms with van der Waals surface area (Å²) in [5, 5.41) is -2.06. The smallest absolute Gasteiger partial charge is 0.747 e. The Balaban J connectivity index is -0.00000117. The van der Waals surface area contributed by atoms with E-state index in [0.29, 0.717) is 6.61 Å². The molecule has 64 heavy (non-hydrogen) atoms. The van der Waals surface area contributed by atoms with Gasteiger partial charge in [0, 0.05) is 12.8 Å². The van der Waals surface area contributed by atoms with Crippen LogP contribution in [0.25, 0.3) is 0 Å². The van der Waals surface area contributed by atoms with Crippen LogP contribution in [0.15, 0.2) is 0 Å². The summed E-state index contributed by atoms with van der Waals surface area (Å²) >= 11 is 0. The van der Waals surface area contributed by atoms with Gasteiger partial charge in [-0.1, -0.05) is 189 Å². The Hall–Kier alpha value is -1.58. The summed E-state index contributed by atoms with van der Waals surface area (Å²) in [5.74, 6) is -3.35. The molecule has 13 nitrogen and oxygen atoms in total. The van der Waals surface area contributed by atoms with Crippen LogP contribution in [-0.4, -0.2) is 73.9 Å². The fraction of sp³-hybridized carbons (Fsp3) is 0.898. The SMILES string of the molecule is CCCCC(CC)COC(=O)CC(C(=O)OCC(CC)CCCC)S(=O)(=O)[O-].CCCCCCCCCCCCOC(=O)C(N)CCC(=O)OC(=O)CCCCCCCCCCC.[Na+]. The maximum Gasteiger partial charge on any atom is 1.00 e. The predicted octanol–water partition coefficient (Wildman–Crippen LogP) is 8.36. The molecule has 0 aliphatic heterocycles. The molecular formula is C49H92NNaO12S. The quantitative estimate of drug-likeness (QED) is 0.0153. The first kappa shape index (κ1) is 66.7. The van der Waals surface area contributed by atoms with Crippen molar-refractivity contribution in [2.75, 3.05) is 19.8 Å². The third kappa shape index (κ3) is 41.8. The van der Waals surface area contributed by atoms with Crippen LogP contribution in [0.2, 0.25) is 0 Å². The number of carbonyl (C=O) groups excluding carboxylic acids is 5. The fourth-order valence-electron chi connectivity index (χ4n) is 6.88. The molecule has 15 heteroatoms. The van der Waals surface area contributed by atoms with E-state index in [0.717, 1.165) is 89.9 Å². The molecule has 0 radical (unpaired) electrons. The molecule has 0 fully saturated rings. The van der Waals surface area contributed by atoms with Crippen molar-refractivity contribution < 1.29 is 85.4 Å². The number of hydrogen-bond acceptors (Lipinski definition) is 13. The number of ether oxygens (including phenoxy) is 4. The third-order valence-corrected chi connectivity index (χ3v) is 12.5. The summed E-state index contributed by atoms with van der Waals surface area (Å²) in [7, 11) is -5.01. The Bertz CT molecular complexity index is 1270. The third-order valence-electron chi connectivity index (χ3n) is 11.4. The Morgan fingerprint density at radius 3 is 1.33 bits per heavy atom. The summed E-state index contributed by atoms with van der Waals surface area (Å²) in [6.07, 6.45) is 29.6. The number of esters is 5. The number of rotatable bonds is 41. The second-order valence-electron chi connectivity index (χ2n) is 17.3. The molecule has 0 saturated carbocycles. The molecule has 2 N–H and O–H groups in total. The maximum atomic E-state index is 12.1. The molecule has 0 amide bonds. The number of hydrogen-bond donors (Lipinski definition) is 1. The summed E-state index contributed by atoms with van der Waals surface area (Å²) in [6, 6.07) is -0.863. The Morgan fingerprint density at radius 2 is 0.891 bits per heavy atom. The normalized spacial score (nSPS) is 13.0. The van der Waals surface area contributed by atoms with Crippen molar-refractivity contribution in [3.05, 3.63) is 0 Å². The van der Waals surface area contributed by atoms with Gasteiger partial charge < -0.3 is 29.2 Å². The van der Waals surface area contributed by atoms with E-state index in [1.54, 1.807) is 0 Å². The van der Waals surface area contributed by atoms with Crippen molar-refractivity contribution in [3.8, 4) is 0 Å². The van der Waals surface area contributed by atoms with E-state index in [-0.39, 0.29) is 73.9 Å². The van der Waals surface area contributed by atoms with Crippen molar-refractivity contribution in [2.45, 2.75) is 252 Å². The van der Waals surface area contributed by atoms with Crippen molar-refractivity contribution in [2.24, 2.45) is 17.6 Å². The fourth-order valence-corrected chi connectivity index (χ4v) is 7.53. The molecule has 0 bridgehead atoms. The van der Waals surface area contributed by atoms with Crippen LogP contribution >= 0.6 is 0 Å². The summed E-state index contributed by atoms with van der Waals surface area (Å²) in [4.78, 5) is 59.8. The molecule has 372 valence electrons. The zero-order chi connectivity index (χ0) is 47.6. The largest absolute Gasteiger partial charge is 1.00 e. The van der Waals surface area contributed by atoms with Gasteiger partial charge in [0.25, 0.3) is 0 Å². The minimum atomic E-state index is -5.01. The van der Waals surface area contributed by atoms with Gasteiger partial charge in [0.2, 0.25) is 0 Å². The second kappa shape index (κ2) is 46.5. The molecule has 4 atom stereocenters. The van der Waals surface area contributed by atoms with Crippen LogP contribution in [0.3, 0.4) is 0 Å². The van der Waals surface area contributed by atoms with Gasteiger partial charge in [-0.25, -0.2) is 8.42 Å². The van der Waals surface area contributed by atoms with Gasteiger partial charge >= 0.3 is 59.4 Å². The molecule has 0 aromatic carbocycles. The van der Waals surface area contributed by atoms with Gasteiger partial charge in [-0.3, -0.25) is 24.0 Å². The van der Waals surface area contributed by atoms with E-state index in [2.05, 4.69) is 27.7 Å². The van der Waals surface area contributed by atoms with Crippen LogP contribution in [0.1, 0.15) is 241 Å². The van der Waals surface area contributed by atoms with E-state index in [4.69, 9.17) is 24.7 Å². The Kier molecular flexibility index (Phi) is 48.5. The predicted molar refractivity (Wildman–Crippen MR) is 250 cm³/mol. The maximum absolute atomic E-state index is 12.1. The number of unbranched alkanes of at least 4 members (excludes halogenated alkanes) is 19. The molecule has 0 saturated heterocycles. The molecule has 0 aromatic rings. The van der Waals surface area contributed by atoms with Gasteiger partial charge in [0.15, 0.2) is 5.25 Å². The van der Waals surface area contributed by atoms with Crippen LogP contribution in [0.5, 0.6) is 0 Å². The van der Waals surface area contributed by atoms with E-state index in [9.17, 15) is 36.9 Å². The zero-order valence-corrected chi connectivity index (χ0v) is 44.6. The van der Waals surface area contributed by atoms with E-state index >= 15 is 0 Å². The van der Waals surface area contributed by atoms with Crippen LogP contribution in [0, 0.1) is 11.8 Å². The topological polar surface area (TPSA) is 205 Å².